The largest absolute Gasteiger partial charge is 0.396 e. The van der Waals surface area contributed by atoms with Gasteiger partial charge in [-0.25, -0.2) is 4.39 Å². The van der Waals surface area contributed by atoms with Gasteiger partial charge in [0.2, 0.25) is 0 Å². The summed E-state index contributed by atoms with van der Waals surface area (Å²) in [4.78, 5) is 2.08. The van der Waals surface area contributed by atoms with E-state index in [2.05, 4.69) is 55.1 Å². The van der Waals surface area contributed by atoms with Gasteiger partial charge in [0.1, 0.15) is 5.82 Å². The lowest BCUT2D eigenvalue weighted by molar-refractivity contribution is 0.633. The molecule has 2 N–H and O–H groups in total. The monoisotopic (exact) mass is 334 g/mol. The van der Waals surface area contributed by atoms with Crippen LogP contribution < -0.4 is 10.6 Å². The number of aryl methyl sites for hydroxylation is 2. The predicted molar refractivity (Wildman–Crippen MR) is 105 cm³/mol. The summed E-state index contributed by atoms with van der Waals surface area (Å²) >= 11 is 0. The molecule has 0 aliphatic rings. The lowest BCUT2D eigenvalue weighted by Crippen LogP contribution is -2.07. The van der Waals surface area contributed by atoms with Crippen molar-refractivity contribution < 1.29 is 4.39 Å². The van der Waals surface area contributed by atoms with Crippen LogP contribution in [0.4, 0.5) is 15.8 Å². The van der Waals surface area contributed by atoms with Crippen LogP contribution in [0.25, 0.3) is 22.3 Å². The number of nitrogen functional groups attached to an aromatic ring is 1. The van der Waals surface area contributed by atoms with Crippen molar-refractivity contribution in [2.45, 2.75) is 13.8 Å². The minimum absolute atomic E-state index is 0.177. The molecule has 0 spiro atoms. The van der Waals surface area contributed by atoms with Gasteiger partial charge in [0, 0.05) is 19.8 Å². The summed E-state index contributed by atoms with van der Waals surface area (Å²) in [6.07, 6.45) is 0. The average molecular weight is 334 g/mol. The molecule has 0 saturated carbocycles. The second kappa shape index (κ2) is 6.60. The Kier molecular flexibility index (Phi) is 4.49. The van der Waals surface area contributed by atoms with Crippen LogP contribution in [0, 0.1) is 19.7 Å². The smallest absolute Gasteiger partial charge is 0.146 e. The highest BCUT2D eigenvalue weighted by Gasteiger charge is 2.10. The van der Waals surface area contributed by atoms with Crippen molar-refractivity contribution in [3.05, 3.63) is 71.5 Å². The first-order valence-corrected chi connectivity index (χ1v) is 8.31. The van der Waals surface area contributed by atoms with E-state index in [-0.39, 0.29) is 11.5 Å². The Morgan fingerprint density at radius 2 is 1.28 bits per heavy atom. The summed E-state index contributed by atoms with van der Waals surface area (Å²) in [6.45, 7) is 4.15. The van der Waals surface area contributed by atoms with Crippen LogP contribution >= 0.6 is 0 Å². The molecule has 3 aromatic carbocycles. The van der Waals surface area contributed by atoms with Gasteiger partial charge in [0.15, 0.2) is 0 Å². The van der Waals surface area contributed by atoms with E-state index in [1.165, 1.54) is 22.9 Å². The van der Waals surface area contributed by atoms with E-state index in [1.807, 2.05) is 20.2 Å². The Morgan fingerprint density at radius 3 is 1.80 bits per heavy atom. The zero-order valence-electron chi connectivity index (χ0n) is 15.1. The van der Waals surface area contributed by atoms with Crippen molar-refractivity contribution in [1.29, 1.82) is 0 Å². The number of hydrogen-bond acceptors (Lipinski definition) is 2. The molecule has 3 heteroatoms. The standard InChI is InChI=1S/C22H23FN2/c1-14-12-20(17-7-10-22(24)21(23)13-17)15(2)11-19(14)16-5-8-18(9-6-16)25(3)4/h5-13H,24H2,1-4H3. The zero-order chi connectivity index (χ0) is 18.1. The van der Waals surface area contributed by atoms with Crippen molar-refractivity contribution in [2.24, 2.45) is 0 Å². The minimum Gasteiger partial charge on any atom is -0.396 e. The first-order valence-electron chi connectivity index (χ1n) is 8.31. The van der Waals surface area contributed by atoms with Crippen LogP contribution in [0.3, 0.4) is 0 Å². The summed E-state index contributed by atoms with van der Waals surface area (Å²) in [5, 5.41) is 0. The van der Waals surface area contributed by atoms with E-state index in [0.717, 1.165) is 22.3 Å². The highest BCUT2D eigenvalue weighted by atomic mass is 19.1. The Labute approximate surface area is 148 Å². The summed E-state index contributed by atoms with van der Waals surface area (Å²) in [5.74, 6) is -0.377. The van der Waals surface area contributed by atoms with Gasteiger partial charge in [0.25, 0.3) is 0 Å². The highest BCUT2D eigenvalue weighted by molar-refractivity contribution is 5.77. The van der Waals surface area contributed by atoms with Gasteiger partial charge < -0.3 is 10.6 Å². The second-order valence-electron chi connectivity index (χ2n) is 6.66. The molecule has 0 aromatic heterocycles. The lowest BCUT2D eigenvalue weighted by atomic mass is 9.92. The van der Waals surface area contributed by atoms with Crippen molar-refractivity contribution in [3.8, 4) is 22.3 Å². The molecule has 2 nitrogen and oxygen atoms in total. The number of hydrogen-bond donors (Lipinski definition) is 1. The van der Waals surface area contributed by atoms with Crippen LogP contribution in [0.5, 0.6) is 0 Å². The number of halogens is 1. The van der Waals surface area contributed by atoms with E-state index in [4.69, 9.17) is 5.73 Å². The minimum atomic E-state index is -0.377. The molecular weight excluding hydrogens is 311 g/mol. The number of anilines is 2. The molecule has 3 rings (SSSR count). The second-order valence-corrected chi connectivity index (χ2v) is 6.66. The molecule has 0 fully saturated rings. The van der Waals surface area contributed by atoms with Gasteiger partial charge in [-0.2, -0.15) is 0 Å². The molecule has 0 saturated heterocycles. The van der Waals surface area contributed by atoms with Gasteiger partial charge in [-0.3, -0.25) is 0 Å². The molecule has 0 bridgehead atoms. The topological polar surface area (TPSA) is 29.3 Å². The maximum absolute atomic E-state index is 13.8. The van der Waals surface area contributed by atoms with E-state index < -0.39 is 0 Å². The molecule has 0 atom stereocenters. The first kappa shape index (κ1) is 17.0. The van der Waals surface area contributed by atoms with Crippen molar-refractivity contribution >= 4 is 11.4 Å². The first-order chi connectivity index (χ1) is 11.9. The van der Waals surface area contributed by atoms with Gasteiger partial charge in [-0.1, -0.05) is 30.3 Å². The van der Waals surface area contributed by atoms with Crippen LogP contribution in [0.1, 0.15) is 11.1 Å². The highest BCUT2D eigenvalue weighted by Crippen LogP contribution is 2.33. The molecule has 0 unspecified atom stereocenters. The fourth-order valence-corrected chi connectivity index (χ4v) is 3.07. The van der Waals surface area contributed by atoms with Crippen molar-refractivity contribution in [1.82, 2.24) is 0 Å². The Hall–Kier alpha value is -2.81. The maximum atomic E-state index is 13.8. The fraction of sp³-hybridized carbons (Fsp3) is 0.182. The molecule has 0 amide bonds. The molecule has 0 heterocycles. The van der Waals surface area contributed by atoms with E-state index >= 15 is 0 Å². The molecular formula is C22H23FN2. The van der Waals surface area contributed by atoms with Gasteiger partial charge in [-0.05, 0) is 71.5 Å². The molecule has 3 aromatic rings. The van der Waals surface area contributed by atoms with E-state index in [9.17, 15) is 4.39 Å². The Morgan fingerprint density at radius 1 is 0.760 bits per heavy atom. The quantitative estimate of drug-likeness (QED) is 0.648. The number of rotatable bonds is 3. The summed E-state index contributed by atoms with van der Waals surface area (Å²) in [6, 6.07) is 17.8. The molecule has 0 aliphatic carbocycles. The normalized spacial score (nSPS) is 10.8. The summed E-state index contributed by atoms with van der Waals surface area (Å²) < 4.78 is 13.8. The Balaban J connectivity index is 2.04. The van der Waals surface area contributed by atoms with E-state index in [0.29, 0.717) is 0 Å². The Bertz CT molecular complexity index is 912. The maximum Gasteiger partial charge on any atom is 0.146 e. The molecule has 0 aliphatic heterocycles. The lowest BCUT2D eigenvalue weighted by Gasteiger charge is -2.15. The molecule has 25 heavy (non-hydrogen) atoms. The van der Waals surface area contributed by atoms with E-state index in [1.54, 1.807) is 6.07 Å². The predicted octanol–water partition coefficient (Wildman–Crippen LogP) is 5.42. The van der Waals surface area contributed by atoms with Crippen LogP contribution in [0.15, 0.2) is 54.6 Å². The van der Waals surface area contributed by atoms with Crippen LogP contribution in [0.2, 0.25) is 0 Å². The third-order valence-electron chi connectivity index (χ3n) is 4.58. The number of benzene rings is 3. The van der Waals surface area contributed by atoms with Crippen molar-refractivity contribution in [2.75, 3.05) is 24.7 Å². The van der Waals surface area contributed by atoms with Gasteiger partial charge in [0.05, 0.1) is 5.69 Å². The number of nitrogens with two attached hydrogens (primary N) is 1. The SMILES string of the molecule is Cc1cc(-c2ccc(N)c(F)c2)c(C)cc1-c1ccc(N(C)C)cc1. The molecule has 128 valence electrons. The van der Waals surface area contributed by atoms with Crippen molar-refractivity contribution in [3.63, 3.8) is 0 Å². The molecule has 0 radical (unpaired) electrons. The van der Waals surface area contributed by atoms with Gasteiger partial charge in [-0.15, -0.1) is 0 Å². The third kappa shape index (κ3) is 3.36. The van der Waals surface area contributed by atoms with Crippen LogP contribution in [-0.2, 0) is 0 Å². The number of nitrogens with zero attached hydrogens (tertiary/aromatic N) is 1. The zero-order valence-corrected chi connectivity index (χ0v) is 15.1. The summed E-state index contributed by atoms with van der Waals surface area (Å²) in [5.41, 5.74) is 13.5. The summed E-state index contributed by atoms with van der Waals surface area (Å²) in [7, 11) is 4.07. The van der Waals surface area contributed by atoms with Crippen LogP contribution in [-0.4, -0.2) is 14.1 Å². The fourth-order valence-electron chi connectivity index (χ4n) is 3.07. The average Bonchev–Trinajstić information content (AvgIpc) is 2.59. The third-order valence-corrected chi connectivity index (χ3v) is 4.58. The van der Waals surface area contributed by atoms with Gasteiger partial charge >= 0.3 is 0 Å².